The van der Waals surface area contributed by atoms with Gasteiger partial charge in [0.2, 0.25) is 5.91 Å². The first-order chi connectivity index (χ1) is 17.4. The van der Waals surface area contributed by atoms with Crippen molar-refractivity contribution in [2.24, 2.45) is 11.8 Å². The van der Waals surface area contributed by atoms with Crippen LogP contribution < -0.4 is 11.1 Å². The second-order valence-electron chi connectivity index (χ2n) is 9.89. The predicted octanol–water partition coefficient (Wildman–Crippen LogP) is 6.41. The van der Waals surface area contributed by atoms with Gasteiger partial charge in [-0.15, -0.1) is 0 Å². The summed E-state index contributed by atoms with van der Waals surface area (Å²) in [5.74, 6) is 1.26. The van der Waals surface area contributed by atoms with E-state index in [-0.39, 0.29) is 5.91 Å². The molecule has 1 saturated carbocycles. The maximum absolute atomic E-state index is 12.6. The van der Waals surface area contributed by atoms with Crippen LogP contribution in [-0.4, -0.2) is 29.4 Å². The van der Waals surface area contributed by atoms with E-state index >= 15 is 0 Å². The molecule has 0 saturated heterocycles. The number of nitrogens with one attached hydrogen (secondary N) is 1. The average Bonchev–Trinajstić information content (AvgIpc) is 3.24. The zero-order valence-corrected chi connectivity index (χ0v) is 21.3. The second-order valence-corrected chi connectivity index (χ2v) is 9.89. The van der Waals surface area contributed by atoms with Gasteiger partial charge in [-0.05, 0) is 84.3 Å². The van der Waals surface area contributed by atoms with Crippen LogP contribution in [0, 0.1) is 11.8 Å². The van der Waals surface area contributed by atoms with E-state index in [4.69, 9.17) is 5.73 Å². The molecule has 2 atom stereocenters. The number of anilines is 2. The van der Waals surface area contributed by atoms with E-state index in [0.717, 1.165) is 42.1 Å². The first kappa shape index (κ1) is 25.4. The number of pyridine rings is 1. The largest absolute Gasteiger partial charge is 0.397 e. The van der Waals surface area contributed by atoms with Crippen LogP contribution in [0.25, 0.3) is 17.2 Å². The summed E-state index contributed by atoms with van der Waals surface area (Å²) in [6, 6.07) is 17.8. The molecule has 0 spiro atoms. The Bertz CT molecular complexity index is 1220. The predicted molar refractivity (Wildman–Crippen MR) is 150 cm³/mol. The minimum atomic E-state index is -0.221. The molecule has 3 N–H and O–H groups in total. The molecule has 0 radical (unpaired) electrons. The monoisotopic (exact) mass is 480 g/mol. The maximum Gasteiger partial charge on any atom is 0.248 e. The molecular weight excluding hydrogens is 444 g/mol. The summed E-state index contributed by atoms with van der Waals surface area (Å²) < 4.78 is 0. The Kier molecular flexibility index (Phi) is 8.34. The lowest BCUT2D eigenvalue weighted by Crippen LogP contribution is -2.27. The van der Waals surface area contributed by atoms with Gasteiger partial charge in [-0.3, -0.25) is 9.78 Å². The number of carbonyl (C=O) groups is 1. The molecule has 0 bridgehead atoms. The molecule has 1 aliphatic rings. The van der Waals surface area contributed by atoms with Gasteiger partial charge in [0, 0.05) is 31.6 Å². The molecule has 36 heavy (non-hydrogen) atoms. The third-order valence-electron chi connectivity index (χ3n) is 7.02. The lowest BCUT2D eigenvalue weighted by molar-refractivity contribution is -0.111. The molecule has 1 fully saturated rings. The van der Waals surface area contributed by atoms with Gasteiger partial charge in [-0.1, -0.05) is 55.8 Å². The van der Waals surface area contributed by atoms with Gasteiger partial charge >= 0.3 is 0 Å². The molecule has 1 amide bonds. The van der Waals surface area contributed by atoms with Crippen molar-refractivity contribution >= 4 is 23.4 Å². The highest BCUT2D eigenvalue weighted by Crippen LogP contribution is 2.37. The lowest BCUT2D eigenvalue weighted by Gasteiger charge is -2.24. The van der Waals surface area contributed by atoms with Crippen LogP contribution in [-0.2, 0) is 11.3 Å². The normalized spacial score (nSPS) is 17.7. The molecular formula is C31H36N4O. The zero-order valence-electron chi connectivity index (χ0n) is 21.3. The zero-order chi connectivity index (χ0) is 25.5. The lowest BCUT2D eigenvalue weighted by atomic mass is 9.93. The molecule has 2 unspecified atom stereocenters. The molecule has 1 aliphatic carbocycles. The summed E-state index contributed by atoms with van der Waals surface area (Å²) in [5.41, 5.74) is 12.8. The summed E-state index contributed by atoms with van der Waals surface area (Å²) in [6.45, 7) is 8.52. The van der Waals surface area contributed by atoms with Crippen molar-refractivity contribution in [1.29, 1.82) is 0 Å². The number of amides is 1. The SMILES string of the molecule is C=C1CC(CC)C(CN(C)Cc2ccc(/C=C/C(=O)Nc3cc(-c4ccncc4)ccc3N)cc2)C1. The molecule has 5 nitrogen and oxygen atoms in total. The Hall–Kier alpha value is -3.70. The Labute approximate surface area is 214 Å². The van der Waals surface area contributed by atoms with Gasteiger partial charge in [-0.25, -0.2) is 0 Å². The highest BCUT2D eigenvalue weighted by atomic mass is 16.1. The average molecular weight is 481 g/mol. The van der Waals surface area contributed by atoms with Crippen LogP contribution in [0.15, 0.2) is 85.2 Å². The van der Waals surface area contributed by atoms with Gasteiger partial charge in [0.1, 0.15) is 0 Å². The number of nitrogens with zero attached hydrogens (tertiary/aromatic N) is 2. The van der Waals surface area contributed by atoms with Gasteiger partial charge in [0.05, 0.1) is 11.4 Å². The molecule has 5 heteroatoms. The number of allylic oxidation sites excluding steroid dienone is 1. The number of rotatable bonds is 9. The van der Waals surface area contributed by atoms with Gasteiger partial charge < -0.3 is 16.0 Å². The Morgan fingerprint density at radius 2 is 1.81 bits per heavy atom. The van der Waals surface area contributed by atoms with Gasteiger partial charge in [-0.2, -0.15) is 0 Å². The molecule has 2 aromatic carbocycles. The summed E-state index contributed by atoms with van der Waals surface area (Å²) in [5, 5.41) is 2.89. The van der Waals surface area contributed by atoms with E-state index in [0.29, 0.717) is 17.3 Å². The number of nitrogens with two attached hydrogens (primary N) is 1. The van der Waals surface area contributed by atoms with E-state index in [9.17, 15) is 4.79 Å². The number of aromatic nitrogens is 1. The van der Waals surface area contributed by atoms with Crippen molar-refractivity contribution in [1.82, 2.24) is 9.88 Å². The van der Waals surface area contributed by atoms with Crippen LogP contribution in [0.4, 0.5) is 11.4 Å². The van der Waals surface area contributed by atoms with Crippen LogP contribution >= 0.6 is 0 Å². The van der Waals surface area contributed by atoms with Crippen molar-refractivity contribution in [2.45, 2.75) is 32.7 Å². The highest BCUT2D eigenvalue weighted by Gasteiger charge is 2.28. The Balaban J connectivity index is 1.32. The van der Waals surface area contributed by atoms with Crippen molar-refractivity contribution < 1.29 is 4.79 Å². The molecule has 4 rings (SSSR count). The second kappa shape index (κ2) is 11.8. The van der Waals surface area contributed by atoms with Crippen LogP contribution in [0.3, 0.4) is 0 Å². The number of nitrogen functional groups attached to an aromatic ring is 1. The summed E-state index contributed by atoms with van der Waals surface area (Å²) >= 11 is 0. The number of hydrogen-bond acceptors (Lipinski definition) is 4. The number of hydrogen-bond donors (Lipinski definition) is 2. The molecule has 3 aromatic rings. The molecule has 1 heterocycles. The first-order valence-corrected chi connectivity index (χ1v) is 12.6. The maximum atomic E-state index is 12.6. The van der Waals surface area contributed by atoms with Crippen molar-refractivity contribution in [3.05, 3.63) is 96.3 Å². The number of carbonyl (C=O) groups excluding carboxylic acids is 1. The highest BCUT2D eigenvalue weighted by molar-refractivity contribution is 6.04. The van der Waals surface area contributed by atoms with Crippen molar-refractivity contribution in [2.75, 3.05) is 24.6 Å². The van der Waals surface area contributed by atoms with E-state index in [2.05, 4.69) is 60.0 Å². The van der Waals surface area contributed by atoms with Crippen LogP contribution in [0.2, 0.25) is 0 Å². The Morgan fingerprint density at radius 3 is 2.53 bits per heavy atom. The van der Waals surface area contributed by atoms with Gasteiger partial charge in [0.15, 0.2) is 0 Å². The van der Waals surface area contributed by atoms with Crippen LogP contribution in [0.5, 0.6) is 0 Å². The fourth-order valence-electron chi connectivity index (χ4n) is 5.10. The summed E-state index contributed by atoms with van der Waals surface area (Å²) in [7, 11) is 2.20. The minimum absolute atomic E-state index is 0.221. The van der Waals surface area contributed by atoms with E-state index in [1.165, 1.54) is 30.1 Å². The summed E-state index contributed by atoms with van der Waals surface area (Å²) in [6.07, 6.45) is 10.4. The fourth-order valence-corrected chi connectivity index (χ4v) is 5.10. The number of benzene rings is 2. The smallest absolute Gasteiger partial charge is 0.248 e. The topological polar surface area (TPSA) is 71.2 Å². The van der Waals surface area contributed by atoms with Crippen LogP contribution in [0.1, 0.15) is 37.3 Å². The summed E-state index contributed by atoms with van der Waals surface area (Å²) in [4.78, 5) is 19.0. The van der Waals surface area contributed by atoms with Crippen molar-refractivity contribution in [3.63, 3.8) is 0 Å². The Morgan fingerprint density at radius 1 is 1.08 bits per heavy atom. The molecule has 0 aliphatic heterocycles. The molecule has 186 valence electrons. The van der Waals surface area contributed by atoms with Crippen molar-refractivity contribution in [3.8, 4) is 11.1 Å². The van der Waals surface area contributed by atoms with E-state index in [1.807, 2.05) is 30.3 Å². The third kappa shape index (κ3) is 6.70. The first-order valence-electron chi connectivity index (χ1n) is 12.6. The minimum Gasteiger partial charge on any atom is -0.397 e. The van der Waals surface area contributed by atoms with Gasteiger partial charge in [0.25, 0.3) is 0 Å². The standard InChI is InChI=1S/C31H36N4O/c1-4-25-17-22(2)18-28(25)21-35(3)20-24-7-5-23(6-8-24)9-12-31(36)34-30-19-27(10-11-29(30)32)26-13-15-33-16-14-26/h5-16,19,25,28H,2,4,17-18,20-21,32H2,1,3H3,(H,34,36)/b12-9+. The third-order valence-corrected chi connectivity index (χ3v) is 7.02. The molecule has 1 aromatic heterocycles. The van der Waals surface area contributed by atoms with E-state index in [1.54, 1.807) is 18.5 Å². The fraction of sp³-hybridized carbons (Fsp3) is 0.290. The van der Waals surface area contributed by atoms with E-state index < -0.39 is 0 Å². The quantitative estimate of drug-likeness (QED) is 0.211.